The molecule has 1 aromatic carbocycles. The van der Waals surface area contributed by atoms with Crippen LogP contribution in [0.2, 0.25) is 0 Å². The predicted molar refractivity (Wildman–Crippen MR) is 131 cm³/mol. The van der Waals surface area contributed by atoms with Gasteiger partial charge in [0.25, 0.3) is 0 Å². The van der Waals surface area contributed by atoms with E-state index in [0.717, 1.165) is 37.1 Å². The molecule has 32 heavy (non-hydrogen) atoms. The number of likely N-dealkylation sites (N-methyl/N-ethyl adjacent to an activating group) is 1. The summed E-state index contributed by atoms with van der Waals surface area (Å²) in [5, 5.41) is 4.23. The molecule has 0 amide bonds. The number of nitrogens with zero attached hydrogens (tertiary/aromatic N) is 4. The molecule has 2 saturated heterocycles. The highest BCUT2D eigenvalue weighted by Crippen LogP contribution is 2.40. The minimum atomic E-state index is 0.0198. The highest BCUT2D eigenvalue weighted by molar-refractivity contribution is 7.80. The van der Waals surface area contributed by atoms with Crippen molar-refractivity contribution in [2.24, 2.45) is 0 Å². The second-order valence-corrected chi connectivity index (χ2v) is 8.90. The Balaban J connectivity index is 1.49. The van der Waals surface area contributed by atoms with Gasteiger partial charge >= 0.3 is 0 Å². The average Bonchev–Trinajstić information content (AvgIpc) is 3.29. The van der Waals surface area contributed by atoms with Crippen molar-refractivity contribution < 1.29 is 4.74 Å². The highest BCUT2D eigenvalue weighted by Gasteiger charge is 2.39. The number of benzene rings is 1. The number of hydrogen-bond donors (Lipinski definition) is 1. The molecular formula is C25H29N5OS. The van der Waals surface area contributed by atoms with E-state index < -0.39 is 0 Å². The summed E-state index contributed by atoms with van der Waals surface area (Å²) in [6, 6.07) is 17.3. The van der Waals surface area contributed by atoms with Crippen molar-refractivity contribution in [3.63, 3.8) is 0 Å². The number of aromatic nitrogens is 2. The first-order valence-corrected chi connectivity index (χ1v) is 11.5. The van der Waals surface area contributed by atoms with Gasteiger partial charge in [-0.15, -0.1) is 0 Å². The van der Waals surface area contributed by atoms with Crippen LogP contribution in [0.25, 0.3) is 5.69 Å². The van der Waals surface area contributed by atoms with Crippen molar-refractivity contribution in [3.8, 4) is 5.69 Å². The molecule has 2 aliphatic heterocycles. The standard InChI is InChI=1S/C25H29N5OS/c1-17-16-21(24-23(27-25(32)28(24)3)22-6-4-5-11-26-22)18(2)30(17)20-9-7-19(8-10-20)29-12-14-31-15-13-29/h4-11,16,23-24H,12-15H2,1-3H3,(H,27,32)/t23-,24-/m1/s1. The molecule has 5 rings (SSSR count). The largest absolute Gasteiger partial charge is 0.378 e. The summed E-state index contributed by atoms with van der Waals surface area (Å²) < 4.78 is 7.82. The van der Waals surface area contributed by atoms with Gasteiger partial charge < -0.3 is 24.4 Å². The van der Waals surface area contributed by atoms with E-state index in [1.807, 2.05) is 18.3 Å². The maximum Gasteiger partial charge on any atom is 0.169 e. The number of anilines is 1. The molecule has 1 N–H and O–H groups in total. The van der Waals surface area contributed by atoms with Crippen LogP contribution in [0.3, 0.4) is 0 Å². The van der Waals surface area contributed by atoms with Crippen LogP contribution in [0.15, 0.2) is 54.7 Å². The lowest BCUT2D eigenvalue weighted by molar-refractivity contribution is 0.122. The van der Waals surface area contributed by atoms with Crippen LogP contribution >= 0.6 is 12.2 Å². The summed E-state index contributed by atoms with van der Waals surface area (Å²) in [5.41, 5.74) is 7.14. The molecule has 0 saturated carbocycles. The lowest BCUT2D eigenvalue weighted by Crippen LogP contribution is -2.36. The topological polar surface area (TPSA) is 45.6 Å². The molecule has 0 spiro atoms. The normalized spacial score (nSPS) is 21.2. The molecule has 2 atom stereocenters. The Labute approximate surface area is 194 Å². The van der Waals surface area contributed by atoms with Crippen molar-refractivity contribution in [1.82, 2.24) is 19.8 Å². The van der Waals surface area contributed by atoms with Crippen LogP contribution in [-0.4, -0.2) is 52.9 Å². The van der Waals surface area contributed by atoms with Crippen molar-refractivity contribution in [1.29, 1.82) is 0 Å². The smallest absolute Gasteiger partial charge is 0.169 e. The molecule has 7 heteroatoms. The Morgan fingerprint density at radius 2 is 1.75 bits per heavy atom. The summed E-state index contributed by atoms with van der Waals surface area (Å²) in [6.45, 7) is 7.85. The van der Waals surface area contributed by atoms with Gasteiger partial charge in [0, 0.05) is 49.1 Å². The lowest BCUT2D eigenvalue weighted by Gasteiger charge is -2.29. The summed E-state index contributed by atoms with van der Waals surface area (Å²) in [6.07, 6.45) is 1.84. The van der Waals surface area contributed by atoms with E-state index in [4.69, 9.17) is 17.0 Å². The van der Waals surface area contributed by atoms with Crippen molar-refractivity contribution in [3.05, 3.63) is 77.4 Å². The Kier molecular flexibility index (Phi) is 5.61. The Hall–Kier alpha value is -2.90. The zero-order valence-electron chi connectivity index (χ0n) is 18.8. The number of nitrogens with one attached hydrogen (secondary N) is 1. The van der Waals surface area contributed by atoms with Gasteiger partial charge in [-0.3, -0.25) is 4.98 Å². The van der Waals surface area contributed by atoms with Crippen LogP contribution in [0.4, 0.5) is 5.69 Å². The number of morpholine rings is 1. The van der Waals surface area contributed by atoms with Gasteiger partial charge in [0.05, 0.1) is 31.0 Å². The average molecular weight is 448 g/mol. The third-order valence-electron chi connectivity index (χ3n) is 6.61. The molecule has 3 aromatic rings. The third kappa shape index (κ3) is 3.65. The van der Waals surface area contributed by atoms with Gasteiger partial charge in [-0.25, -0.2) is 0 Å². The van der Waals surface area contributed by atoms with Crippen LogP contribution < -0.4 is 10.2 Å². The Bertz CT molecular complexity index is 1110. The molecule has 2 fully saturated rings. The zero-order valence-corrected chi connectivity index (χ0v) is 19.6. The second-order valence-electron chi connectivity index (χ2n) is 8.52. The van der Waals surface area contributed by atoms with Gasteiger partial charge in [0.15, 0.2) is 5.11 Å². The number of hydrogen-bond acceptors (Lipinski definition) is 4. The van der Waals surface area contributed by atoms with E-state index in [1.54, 1.807) is 0 Å². The van der Waals surface area contributed by atoms with Crippen molar-refractivity contribution in [2.75, 3.05) is 38.3 Å². The van der Waals surface area contributed by atoms with Gasteiger partial charge in [0.2, 0.25) is 0 Å². The van der Waals surface area contributed by atoms with Crippen molar-refractivity contribution in [2.45, 2.75) is 25.9 Å². The molecular weight excluding hydrogens is 418 g/mol. The van der Waals surface area contributed by atoms with Gasteiger partial charge in [-0.05, 0) is 74.1 Å². The number of ether oxygens (including phenoxy) is 1. The van der Waals surface area contributed by atoms with E-state index in [9.17, 15) is 0 Å². The Morgan fingerprint density at radius 1 is 1.03 bits per heavy atom. The molecule has 4 heterocycles. The number of rotatable bonds is 4. The SMILES string of the molecule is Cc1cc([C@@H]2[C@@H](c3ccccn3)NC(=S)N2C)c(C)n1-c1ccc(N2CCOCC2)cc1. The number of aryl methyl sites for hydroxylation is 1. The van der Waals surface area contributed by atoms with Gasteiger partial charge in [-0.1, -0.05) is 6.07 Å². The zero-order chi connectivity index (χ0) is 22.2. The molecule has 0 unspecified atom stereocenters. The van der Waals surface area contributed by atoms with E-state index in [2.05, 4.69) is 82.0 Å². The molecule has 2 aromatic heterocycles. The fourth-order valence-electron chi connectivity index (χ4n) is 4.97. The van der Waals surface area contributed by atoms with Gasteiger partial charge in [-0.2, -0.15) is 0 Å². The van der Waals surface area contributed by atoms with Crippen LogP contribution in [0, 0.1) is 13.8 Å². The first kappa shape index (κ1) is 21.0. The summed E-state index contributed by atoms with van der Waals surface area (Å²) in [4.78, 5) is 9.14. The van der Waals surface area contributed by atoms with Crippen LogP contribution in [0.5, 0.6) is 0 Å². The molecule has 0 radical (unpaired) electrons. The molecule has 6 nitrogen and oxygen atoms in total. The minimum Gasteiger partial charge on any atom is -0.378 e. The van der Waals surface area contributed by atoms with E-state index in [-0.39, 0.29) is 12.1 Å². The first-order valence-electron chi connectivity index (χ1n) is 11.1. The van der Waals surface area contributed by atoms with E-state index in [0.29, 0.717) is 0 Å². The molecule has 166 valence electrons. The predicted octanol–water partition coefficient (Wildman–Crippen LogP) is 3.93. The summed E-state index contributed by atoms with van der Waals surface area (Å²) >= 11 is 5.62. The van der Waals surface area contributed by atoms with Crippen molar-refractivity contribution >= 4 is 23.0 Å². The fraction of sp³-hybridized carbons (Fsp3) is 0.360. The minimum absolute atomic E-state index is 0.0198. The second kappa shape index (κ2) is 8.56. The molecule has 0 aliphatic carbocycles. The number of thiocarbonyl (C=S) groups is 1. The summed E-state index contributed by atoms with van der Waals surface area (Å²) in [5.74, 6) is 0. The molecule has 2 aliphatic rings. The maximum absolute atomic E-state index is 5.62. The van der Waals surface area contributed by atoms with Gasteiger partial charge in [0.1, 0.15) is 0 Å². The number of pyridine rings is 1. The Morgan fingerprint density at radius 3 is 2.44 bits per heavy atom. The monoisotopic (exact) mass is 447 g/mol. The first-order chi connectivity index (χ1) is 15.5. The van der Waals surface area contributed by atoms with E-state index in [1.165, 1.54) is 28.3 Å². The maximum atomic E-state index is 5.62. The van der Waals surface area contributed by atoms with Crippen LogP contribution in [-0.2, 0) is 4.74 Å². The van der Waals surface area contributed by atoms with E-state index >= 15 is 0 Å². The fourth-order valence-corrected chi connectivity index (χ4v) is 5.21. The van der Waals surface area contributed by atoms with Crippen LogP contribution in [0.1, 0.15) is 34.7 Å². The lowest BCUT2D eigenvalue weighted by atomic mass is 9.97. The third-order valence-corrected chi connectivity index (χ3v) is 7.02. The highest BCUT2D eigenvalue weighted by atomic mass is 32.1. The molecule has 0 bridgehead atoms. The summed E-state index contributed by atoms with van der Waals surface area (Å²) in [7, 11) is 2.06. The quantitative estimate of drug-likeness (QED) is 0.612.